The number of nitrogens with one attached hydrogen (secondary N) is 1. The first-order valence-corrected chi connectivity index (χ1v) is 6.67. The normalized spacial score (nSPS) is 16.1. The number of halogens is 1. The lowest BCUT2D eigenvalue weighted by molar-refractivity contribution is 0.595. The highest BCUT2D eigenvalue weighted by molar-refractivity contribution is 7.92. The van der Waals surface area contributed by atoms with Crippen LogP contribution in [0.2, 0.25) is 0 Å². The lowest BCUT2D eigenvalue weighted by Crippen LogP contribution is -2.18. The monoisotopic (exact) mass is 244 g/mol. The van der Waals surface area contributed by atoms with Crippen LogP contribution in [0.1, 0.15) is 12.8 Å². The molecule has 1 saturated carbocycles. The topological polar surface area (TPSA) is 72.2 Å². The molecule has 0 aromatic heterocycles. The van der Waals surface area contributed by atoms with Crippen LogP contribution in [0.25, 0.3) is 0 Å². The molecule has 6 heteroatoms. The highest BCUT2D eigenvalue weighted by Crippen LogP contribution is 2.31. The quantitative estimate of drug-likeness (QED) is 0.789. The van der Waals surface area contributed by atoms with E-state index in [1.165, 1.54) is 12.1 Å². The van der Waals surface area contributed by atoms with Gasteiger partial charge in [-0.2, -0.15) is 0 Å². The summed E-state index contributed by atoms with van der Waals surface area (Å²) in [5.74, 6) is -0.356. The third-order valence-corrected chi connectivity index (χ3v) is 3.85. The molecule has 1 aliphatic rings. The fourth-order valence-electron chi connectivity index (χ4n) is 1.42. The van der Waals surface area contributed by atoms with Crippen LogP contribution in [0, 0.1) is 11.7 Å². The van der Waals surface area contributed by atoms with E-state index in [2.05, 4.69) is 4.72 Å². The van der Waals surface area contributed by atoms with Crippen molar-refractivity contribution in [1.82, 2.24) is 0 Å². The van der Waals surface area contributed by atoms with E-state index in [-0.39, 0.29) is 23.0 Å². The van der Waals surface area contributed by atoms with Crippen molar-refractivity contribution in [2.45, 2.75) is 12.8 Å². The summed E-state index contributed by atoms with van der Waals surface area (Å²) in [6, 6.07) is 3.88. The highest BCUT2D eigenvalue weighted by atomic mass is 32.2. The summed E-state index contributed by atoms with van der Waals surface area (Å²) in [6.07, 6.45) is 1.87. The van der Waals surface area contributed by atoms with E-state index in [1.54, 1.807) is 0 Å². The summed E-state index contributed by atoms with van der Waals surface area (Å²) in [5.41, 5.74) is 5.58. The summed E-state index contributed by atoms with van der Waals surface area (Å²) in [4.78, 5) is 0. The van der Waals surface area contributed by atoms with Crippen molar-refractivity contribution < 1.29 is 12.8 Å². The second kappa shape index (κ2) is 3.93. The molecule has 0 bridgehead atoms. The minimum absolute atomic E-state index is 0.0464. The Morgan fingerprint density at radius 3 is 2.69 bits per heavy atom. The van der Waals surface area contributed by atoms with Crippen molar-refractivity contribution >= 4 is 21.4 Å². The van der Waals surface area contributed by atoms with Gasteiger partial charge in [-0.15, -0.1) is 0 Å². The average molecular weight is 244 g/mol. The van der Waals surface area contributed by atoms with Crippen LogP contribution in [-0.2, 0) is 10.0 Å². The van der Waals surface area contributed by atoms with Gasteiger partial charge in [0, 0.05) is 5.69 Å². The van der Waals surface area contributed by atoms with Crippen LogP contribution in [0.3, 0.4) is 0 Å². The van der Waals surface area contributed by atoms with E-state index in [0.717, 1.165) is 18.9 Å². The molecule has 0 unspecified atom stereocenters. The van der Waals surface area contributed by atoms with Crippen molar-refractivity contribution in [3.63, 3.8) is 0 Å². The minimum atomic E-state index is -3.44. The molecule has 0 amide bonds. The molecule has 1 aromatic carbocycles. The van der Waals surface area contributed by atoms with Gasteiger partial charge in [-0.1, -0.05) is 0 Å². The molecule has 4 nitrogen and oxygen atoms in total. The van der Waals surface area contributed by atoms with Crippen molar-refractivity contribution in [2.24, 2.45) is 5.92 Å². The fraction of sp³-hybridized carbons (Fsp3) is 0.400. The maximum Gasteiger partial charge on any atom is 0.233 e. The Morgan fingerprint density at radius 2 is 2.12 bits per heavy atom. The Bertz CT molecular complexity index is 498. The van der Waals surface area contributed by atoms with Crippen molar-refractivity contribution in [3.05, 3.63) is 24.0 Å². The molecule has 0 saturated heterocycles. The van der Waals surface area contributed by atoms with Gasteiger partial charge in [0.2, 0.25) is 10.0 Å². The molecule has 0 radical (unpaired) electrons. The van der Waals surface area contributed by atoms with Crippen molar-refractivity contribution in [3.8, 4) is 0 Å². The lowest BCUT2D eigenvalue weighted by atomic mass is 10.3. The van der Waals surface area contributed by atoms with Gasteiger partial charge in [0.15, 0.2) is 0 Å². The molecule has 1 aromatic rings. The lowest BCUT2D eigenvalue weighted by Gasteiger charge is -2.08. The van der Waals surface area contributed by atoms with Crippen LogP contribution in [0.5, 0.6) is 0 Å². The zero-order chi connectivity index (χ0) is 11.8. The maximum atomic E-state index is 13.3. The molecule has 0 atom stereocenters. The van der Waals surface area contributed by atoms with Gasteiger partial charge in [0.1, 0.15) is 5.82 Å². The molecule has 3 N–H and O–H groups in total. The van der Waals surface area contributed by atoms with Gasteiger partial charge in [0.05, 0.1) is 11.4 Å². The number of rotatable bonds is 4. The average Bonchev–Trinajstić information content (AvgIpc) is 2.93. The largest absolute Gasteiger partial charge is 0.399 e. The van der Waals surface area contributed by atoms with Gasteiger partial charge in [0.25, 0.3) is 0 Å². The predicted octanol–water partition coefficient (Wildman–Crippen LogP) is 1.56. The number of hydrogen-bond donors (Lipinski definition) is 2. The van der Waals surface area contributed by atoms with E-state index in [4.69, 9.17) is 5.73 Å². The number of sulfonamides is 1. The zero-order valence-corrected chi connectivity index (χ0v) is 9.43. The predicted molar refractivity (Wildman–Crippen MR) is 60.9 cm³/mol. The molecule has 1 fully saturated rings. The van der Waals surface area contributed by atoms with Gasteiger partial charge < -0.3 is 5.73 Å². The molecule has 16 heavy (non-hydrogen) atoms. The zero-order valence-electron chi connectivity index (χ0n) is 8.61. The Hall–Kier alpha value is -1.30. The first-order valence-electron chi connectivity index (χ1n) is 5.02. The smallest absolute Gasteiger partial charge is 0.233 e. The Labute approximate surface area is 93.7 Å². The van der Waals surface area contributed by atoms with Crippen molar-refractivity contribution in [1.29, 1.82) is 0 Å². The molecule has 0 heterocycles. The van der Waals surface area contributed by atoms with E-state index >= 15 is 0 Å². The van der Waals surface area contributed by atoms with Crippen LogP contribution in [0.4, 0.5) is 15.8 Å². The van der Waals surface area contributed by atoms with Gasteiger partial charge >= 0.3 is 0 Å². The van der Waals surface area contributed by atoms with E-state index < -0.39 is 15.8 Å². The Morgan fingerprint density at radius 1 is 1.44 bits per heavy atom. The molecule has 88 valence electrons. The van der Waals surface area contributed by atoms with E-state index in [9.17, 15) is 12.8 Å². The second-order valence-electron chi connectivity index (χ2n) is 4.07. The van der Waals surface area contributed by atoms with Crippen LogP contribution >= 0.6 is 0 Å². The number of hydrogen-bond acceptors (Lipinski definition) is 3. The van der Waals surface area contributed by atoms with Crippen LogP contribution in [-0.4, -0.2) is 14.2 Å². The first kappa shape index (κ1) is 11.2. The van der Waals surface area contributed by atoms with Gasteiger partial charge in [-0.3, -0.25) is 4.72 Å². The number of anilines is 2. The van der Waals surface area contributed by atoms with Crippen LogP contribution < -0.4 is 10.5 Å². The first-order chi connectivity index (χ1) is 7.46. The van der Waals surface area contributed by atoms with Gasteiger partial charge in [-0.25, -0.2) is 12.8 Å². The van der Waals surface area contributed by atoms with Gasteiger partial charge in [-0.05, 0) is 37.0 Å². The standard InChI is InChI=1S/C10H13FN2O2S/c11-9-5-8(12)3-4-10(9)13-16(14,15)6-7-1-2-7/h3-5,7,13H,1-2,6,12H2. The molecule has 1 aliphatic carbocycles. The molecular weight excluding hydrogens is 231 g/mol. The molecule has 2 rings (SSSR count). The van der Waals surface area contributed by atoms with E-state index in [1.807, 2.05) is 0 Å². The Balaban J connectivity index is 2.13. The number of benzene rings is 1. The van der Waals surface area contributed by atoms with E-state index in [0.29, 0.717) is 0 Å². The SMILES string of the molecule is Nc1ccc(NS(=O)(=O)CC2CC2)c(F)c1. The summed E-state index contributed by atoms with van der Waals surface area (Å²) in [5, 5.41) is 0. The molecule has 0 spiro atoms. The molecule has 0 aliphatic heterocycles. The fourth-order valence-corrected chi connectivity index (χ4v) is 2.96. The Kier molecular flexibility index (Phi) is 2.75. The maximum absolute atomic E-state index is 13.3. The highest BCUT2D eigenvalue weighted by Gasteiger charge is 2.28. The number of nitrogen functional groups attached to an aromatic ring is 1. The summed E-state index contributed by atoms with van der Waals surface area (Å²) < 4.78 is 38.7. The minimum Gasteiger partial charge on any atom is -0.399 e. The van der Waals surface area contributed by atoms with Crippen molar-refractivity contribution in [2.75, 3.05) is 16.2 Å². The summed E-state index contributed by atoms with van der Waals surface area (Å²) in [7, 11) is -3.44. The van der Waals surface area contributed by atoms with Crippen LogP contribution in [0.15, 0.2) is 18.2 Å². The summed E-state index contributed by atoms with van der Waals surface area (Å²) >= 11 is 0. The number of nitrogens with two attached hydrogens (primary N) is 1. The second-order valence-corrected chi connectivity index (χ2v) is 5.83. The molecular formula is C10H13FN2O2S. The third-order valence-electron chi connectivity index (χ3n) is 2.41. The third kappa shape index (κ3) is 2.85. The summed E-state index contributed by atoms with van der Waals surface area (Å²) in [6.45, 7) is 0.